The predicted molar refractivity (Wildman–Crippen MR) is 61.6 cm³/mol. The highest BCUT2D eigenvalue weighted by Gasteiger charge is 2.19. The molecular formula is C13H17NO2. The first-order chi connectivity index (χ1) is 7.76. The van der Waals surface area contributed by atoms with Crippen molar-refractivity contribution in [2.24, 2.45) is 0 Å². The Morgan fingerprint density at radius 1 is 1.44 bits per heavy atom. The fourth-order valence-electron chi connectivity index (χ4n) is 2.17. The Bertz CT molecular complexity index is 413. The van der Waals surface area contributed by atoms with Gasteiger partial charge in [0.2, 0.25) is 0 Å². The molecule has 1 heterocycles. The largest absolute Gasteiger partial charge is 0.462 e. The van der Waals surface area contributed by atoms with E-state index in [1.54, 1.807) is 0 Å². The number of hydrogen-bond donors (Lipinski definition) is 0. The molecule has 1 aromatic rings. The Kier molecular flexibility index (Phi) is 3.22. The molecule has 3 nitrogen and oxygen atoms in total. The Labute approximate surface area is 95.8 Å². The number of carbonyl (C=O) groups excluding carboxylic acids is 1. The molecule has 16 heavy (non-hydrogen) atoms. The van der Waals surface area contributed by atoms with Crippen LogP contribution in [0.25, 0.3) is 0 Å². The van der Waals surface area contributed by atoms with Crippen LogP contribution in [0.4, 0.5) is 0 Å². The van der Waals surface area contributed by atoms with Crippen LogP contribution >= 0.6 is 0 Å². The molecule has 0 atom stereocenters. The van der Waals surface area contributed by atoms with Gasteiger partial charge in [0.25, 0.3) is 0 Å². The molecule has 0 unspecified atom stereocenters. The Balaban J connectivity index is 2.39. The highest BCUT2D eigenvalue weighted by molar-refractivity contribution is 5.91. The average molecular weight is 219 g/mol. The lowest BCUT2D eigenvalue weighted by Gasteiger charge is -2.09. The minimum atomic E-state index is -0.235. The fourth-order valence-corrected chi connectivity index (χ4v) is 2.17. The molecule has 2 rings (SSSR count). The van der Waals surface area contributed by atoms with Gasteiger partial charge in [0, 0.05) is 5.69 Å². The van der Waals surface area contributed by atoms with E-state index in [0.29, 0.717) is 12.2 Å². The van der Waals surface area contributed by atoms with E-state index in [9.17, 15) is 4.79 Å². The molecule has 1 aromatic heterocycles. The smallest absolute Gasteiger partial charge is 0.339 e. The van der Waals surface area contributed by atoms with Crippen LogP contribution in [0, 0.1) is 0 Å². The van der Waals surface area contributed by atoms with Gasteiger partial charge in [-0.1, -0.05) is 6.92 Å². The Morgan fingerprint density at radius 3 is 2.94 bits per heavy atom. The second kappa shape index (κ2) is 4.64. The second-order valence-electron chi connectivity index (χ2n) is 4.02. The zero-order valence-corrected chi connectivity index (χ0v) is 9.88. The van der Waals surface area contributed by atoms with Crippen molar-refractivity contribution in [1.29, 1.82) is 0 Å². The van der Waals surface area contributed by atoms with Crippen LogP contribution in [0.5, 0.6) is 0 Å². The van der Waals surface area contributed by atoms with E-state index in [0.717, 1.165) is 31.4 Å². The number of aromatic nitrogens is 1. The third-order valence-electron chi connectivity index (χ3n) is 2.96. The maximum absolute atomic E-state index is 11.8. The molecule has 1 aliphatic rings. The summed E-state index contributed by atoms with van der Waals surface area (Å²) in [6.45, 7) is 4.26. The molecule has 0 aliphatic heterocycles. The molecule has 0 N–H and O–H groups in total. The first-order valence-corrected chi connectivity index (χ1v) is 5.95. The van der Waals surface area contributed by atoms with Crippen molar-refractivity contribution < 1.29 is 9.53 Å². The van der Waals surface area contributed by atoms with Crippen molar-refractivity contribution in [3.63, 3.8) is 0 Å². The van der Waals surface area contributed by atoms with E-state index < -0.39 is 0 Å². The van der Waals surface area contributed by atoms with E-state index in [4.69, 9.17) is 4.74 Å². The van der Waals surface area contributed by atoms with Gasteiger partial charge in [-0.05, 0) is 44.2 Å². The third kappa shape index (κ3) is 1.94. The lowest BCUT2D eigenvalue weighted by Crippen LogP contribution is -2.11. The van der Waals surface area contributed by atoms with Crippen molar-refractivity contribution >= 4 is 5.97 Å². The van der Waals surface area contributed by atoms with E-state index in [1.807, 2.05) is 19.9 Å². The maximum atomic E-state index is 11.8. The molecule has 0 bridgehead atoms. The number of ether oxygens (including phenoxy) is 1. The SMILES string of the molecule is CCOC(=O)c1cc2c(nc1CC)CCC2. The molecule has 0 aromatic carbocycles. The molecule has 0 saturated carbocycles. The number of hydrogen-bond acceptors (Lipinski definition) is 3. The minimum absolute atomic E-state index is 0.235. The first kappa shape index (κ1) is 11.1. The number of pyridine rings is 1. The molecule has 3 heteroatoms. The molecular weight excluding hydrogens is 202 g/mol. The van der Waals surface area contributed by atoms with Crippen LogP contribution < -0.4 is 0 Å². The summed E-state index contributed by atoms with van der Waals surface area (Å²) >= 11 is 0. The van der Waals surface area contributed by atoms with Crippen LogP contribution in [0.15, 0.2) is 6.07 Å². The van der Waals surface area contributed by atoms with E-state index in [2.05, 4.69) is 4.98 Å². The summed E-state index contributed by atoms with van der Waals surface area (Å²) in [4.78, 5) is 16.3. The molecule has 0 saturated heterocycles. The van der Waals surface area contributed by atoms with Crippen LogP contribution in [0.3, 0.4) is 0 Å². The van der Waals surface area contributed by atoms with Crippen molar-refractivity contribution in [3.8, 4) is 0 Å². The van der Waals surface area contributed by atoms with E-state index in [-0.39, 0.29) is 5.97 Å². The van der Waals surface area contributed by atoms with Gasteiger partial charge >= 0.3 is 5.97 Å². The highest BCUT2D eigenvalue weighted by atomic mass is 16.5. The monoisotopic (exact) mass is 219 g/mol. The summed E-state index contributed by atoms with van der Waals surface area (Å²) < 4.78 is 5.05. The number of fused-ring (bicyclic) bond motifs is 1. The third-order valence-corrected chi connectivity index (χ3v) is 2.96. The Hall–Kier alpha value is -1.38. The molecule has 0 radical (unpaired) electrons. The molecule has 86 valence electrons. The van der Waals surface area contributed by atoms with Crippen LogP contribution in [0.1, 0.15) is 47.6 Å². The number of esters is 1. The lowest BCUT2D eigenvalue weighted by atomic mass is 10.1. The zero-order chi connectivity index (χ0) is 11.5. The molecule has 0 spiro atoms. The van der Waals surface area contributed by atoms with Gasteiger partial charge in [-0.25, -0.2) is 4.79 Å². The summed E-state index contributed by atoms with van der Waals surface area (Å²) in [5.41, 5.74) is 3.93. The summed E-state index contributed by atoms with van der Waals surface area (Å²) in [5, 5.41) is 0. The number of aryl methyl sites for hydroxylation is 3. The van der Waals surface area contributed by atoms with Crippen LogP contribution in [-0.2, 0) is 24.0 Å². The fraction of sp³-hybridized carbons (Fsp3) is 0.538. The van der Waals surface area contributed by atoms with E-state index >= 15 is 0 Å². The van der Waals surface area contributed by atoms with Crippen LogP contribution in [0.2, 0.25) is 0 Å². The normalized spacial score (nSPS) is 13.6. The van der Waals surface area contributed by atoms with Crippen molar-refractivity contribution in [3.05, 3.63) is 28.6 Å². The molecule has 1 aliphatic carbocycles. The first-order valence-electron chi connectivity index (χ1n) is 5.95. The van der Waals surface area contributed by atoms with Gasteiger partial charge in [0.15, 0.2) is 0 Å². The van der Waals surface area contributed by atoms with E-state index in [1.165, 1.54) is 11.3 Å². The minimum Gasteiger partial charge on any atom is -0.462 e. The standard InChI is InChI=1S/C13H17NO2/c1-3-11-10(13(15)16-4-2)8-9-6-5-7-12(9)14-11/h8H,3-7H2,1-2H3. The van der Waals surface area contributed by atoms with Gasteiger partial charge in [-0.2, -0.15) is 0 Å². The highest BCUT2D eigenvalue weighted by Crippen LogP contribution is 2.23. The number of nitrogens with zero attached hydrogens (tertiary/aromatic N) is 1. The maximum Gasteiger partial charge on any atom is 0.339 e. The predicted octanol–water partition coefficient (Wildman–Crippen LogP) is 2.31. The van der Waals surface area contributed by atoms with Gasteiger partial charge in [0.1, 0.15) is 0 Å². The van der Waals surface area contributed by atoms with Gasteiger partial charge in [-0.15, -0.1) is 0 Å². The summed E-state index contributed by atoms with van der Waals surface area (Å²) in [6, 6.07) is 1.98. The molecule has 0 fully saturated rings. The number of rotatable bonds is 3. The van der Waals surface area contributed by atoms with Crippen molar-refractivity contribution in [2.75, 3.05) is 6.61 Å². The number of carbonyl (C=O) groups is 1. The topological polar surface area (TPSA) is 39.2 Å². The lowest BCUT2D eigenvalue weighted by molar-refractivity contribution is 0.0524. The van der Waals surface area contributed by atoms with Crippen molar-refractivity contribution in [1.82, 2.24) is 4.98 Å². The average Bonchev–Trinajstić information content (AvgIpc) is 2.74. The second-order valence-corrected chi connectivity index (χ2v) is 4.02. The van der Waals surface area contributed by atoms with Gasteiger partial charge < -0.3 is 4.74 Å². The Morgan fingerprint density at radius 2 is 2.25 bits per heavy atom. The molecule has 0 amide bonds. The van der Waals surface area contributed by atoms with Gasteiger partial charge in [0.05, 0.1) is 17.9 Å². The quantitative estimate of drug-likeness (QED) is 0.732. The summed E-state index contributed by atoms with van der Waals surface area (Å²) in [5.74, 6) is -0.235. The summed E-state index contributed by atoms with van der Waals surface area (Å²) in [7, 11) is 0. The summed E-state index contributed by atoms with van der Waals surface area (Å²) in [6.07, 6.45) is 4.02. The van der Waals surface area contributed by atoms with Gasteiger partial charge in [-0.3, -0.25) is 4.98 Å². The van der Waals surface area contributed by atoms with Crippen LogP contribution in [-0.4, -0.2) is 17.6 Å². The van der Waals surface area contributed by atoms with Crippen molar-refractivity contribution in [2.45, 2.75) is 39.5 Å². The zero-order valence-electron chi connectivity index (χ0n) is 9.88.